The first-order valence-corrected chi connectivity index (χ1v) is 11.4. The van der Waals surface area contributed by atoms with Crippen molar-refractivity contribution in [3.63, 3.8) is 0 Å². The highest BCUT2D eigenvalue weighted by atomic mass is 19.4. The van der Waals surface area contributed by atoms with Crippen LogP contribution in [0.25, 0.3) is 21.8 Å². The van der Waals surface area contributed by atoms with Crippen molar-refractivity contribution in [2.24, 2.45) is 0 Å². The van der Waals surface area contributed by atoms with Gasteiger partial charge in [-0.25, -0.2) is 4.79 Å². The van der Waals surface area contributed by atoms with E-state index in [0.29, 0.717) is 21.8 Å². The maximum Gasteiger partial charge on any atom is 0.513 e. The lowest BCUT2D eigenvalue weighted by molar-refractivity contribution is -0.138. The number of aryl methyl sites for hydroxylation is 1. The van der Waals surface area contributed by atoms with Gasteiger partial charge in [0.15, 0.2) is 0 Å². The molecule has 0 saturated heterocycles. The van der Waals surface area contributed by atoms with Gasteiger partial charge in [0, 0.05) is 6.54 Å². The van der Waals surface area contributed by atoms with E-state index in [1.54, 1.807) is 34.9 Å². The zero-order chi connectivity index (χ0) is 25.2. The number of fused-ring (bicyclic) bond motifs is 3. The molecule has 0 unspecified atom stereocenters. The molecule has 4 aromatic rings. The maximum atomic E-state index is 13.7. The Hall–Kier alpha value is -3.68. The first-order chi connectivity index (χ1) is 16.7. The summed E-state index contributed by atoms with van der Waals surface area (Å²) in [5.74, 6) is 0.124. The number of rotatable bonds is 7. The summed E-state index contributed by atoms with van der Waals surface area (Å²) in [6.45, 7) is 2.01. The Balaban J connectivity index is 1.97. The molecule has 0 spiro atoms. The van der Waals surface area contributed by atoms with Crippen LogP contribution in [0.2, 0.25) is 0 Å². The lowest BCUT2D eigenvalue weighted by Crippen LogP contribution is -2.11. The lowest BCUT2D eigenvalue weighted by Gasteiger charge is -2.15. The van der Waals surface area contributed by atoms with Crippen LogP contribution < -0.4 is 4.74 Å². The van der Waals surface area contributed by atoms with Crippen LogP contribution in [0.5, 0.6) is 11.5 Å². The van der Waals surface area contributed by atoms with Gasteiger partial charge in [-0.2, -0.15) is 13.2 Å². The quantitative estimate of drug-likeness (QED) is 0.168. The molecule has 35 heavy (non-hydrogen) atoms. The molecule has 0 radical (unpaired) electrons. The molecule has 184 valence electrons. The summed E-state index contributed by atoms with van der Waals surface area (Å²) >= 11 is 0. The molecule has 8 heteroatoms. The number of alkyl halides is 3. The van der Waals surface area contributed by atoms with Crippen LogP contribution in [0, 0.1) is 0 Å². The fourth-order valence-corrected chi connectivity index (χ4v) is 4.48. The highest BCUT2D eigenvalue weighted by Gasteiger charge is 2.33. The van der Waals surface area contributed by atoms with Gasteiger partial charge in [0.25, 0.3) is 0 Å². The number of hydrogen-bond donors (Lipinski definition) is 1. The number of phenols is 1. The Bertz CT molecular complexity index is 1370. The van der Waals surface area contributed by atoms with Crippen LogP contribution in [0.1, 0.15) is 42.9 Å². The summed E-state index contributed by atoms with van der Waals surface area (Å²) in [5.41, 5.74) is 1.34. The van der Waals surface area contributed by atoms with Crippen LogP contribution >= 0.6 is 0 Å². The topological polar surface area (TPSA) is 60.7 Å². The molecule has 4 rings (SSSR count). The van der Waals surface area contributed by atoms with Crippen molar-refractivity contribution in [2.75, 3.05) is 7.11 Å². The highest BCUT2D eigenvalue weighted by Crippen LogP contribution is 2.42. The molecule has 0 atom stereocenters. The highest BCUT2D eigenvalue weighted by molar-refractivity contribution is 6.14. The van der Waals surface area contributed by atoms with Crippen molar-refractivity contribution in [1.29, 1.82) is 0 Å². The molecule has 1 aromatic heterocycles. The van der Waals surface area contributed by atoms with E-state index in [0.717, 1.165) is 37.3 Å². The van der Waals surface area contributed by atoms with Gasteiger partial charge in [-0.05, 0) is 54.3 Å². The van der Waals surface area contributed by atoms with Gasteiger partial charge >= 0.3 is 12.3 Å². The first kappa shape index (κ1) is 24.4. The summed E-state index contributed by atoms with van der Waals surface area (Å²) in [7, 11) is 1.18. The second kappa shape index (κ2) is 9.90. The minimum absolute atomic E-state index is 0.0252. The number of halogens is 3. The Morgan fingerprint density at radius 2 is 1.77 bits per heavy atom. The van der Waals surface area contributed by atoms with E-state index in [2.05, 4.69) is 11.7 Å². The number of hydrogen-bond acceptors (Lipinski definition) is 4. The third-order valence-corrected chi connectivity index (χ3v) is 6.07. The number of carbonyl (C=O) groups is 1. The summed E-state index contributed by atoms with van der Waals surface area (Å²) in [4.78, 5) is 11.9. The standard InChI is InChI=1S/C27H26F3NO4/c1-3-4-5-9-17-14-21-24(22(32)15-17)25-20(12-8-13-23(25)35-26(33)34-2)31(21)16-18-10-6-7-11-19(18)27(28,29)30/h6-8,10-15,32H,3-5,9,16H2,1-2H3. The van der Waals surface area contributed by atoms with Gasteiger partial charge in [-0.3, -0.25) is 0 Å². The molecule has 0 fully saturated rings. The van der Waals surface area contributed by atoms with Crippen LogP contribution in [0.4, 0.5) is 18.0 Å². The van der Waals surface area contributed by atoms with E-state index in [-0.39, 0.29) is 23.6 Å². The number of aromatic hydroxyl groups is 1. The summed E-state index contributed by atoms with van der Waals surface area (Å²) in [5, 5.41) is 11.9. The SMILES string of the molecule is CCCCCc1cc(O)c2c3c(OC(=O)OC)cccc3n(Cc3ccccc3C(F)(F)F)c2c1. The van der Waals surface area contributed by atoms with Crippen LogP contribution in [0.15, 0.2) is 54.6 Å². The van der Waals surface area contributed by atoms with Crippen molar-refractivity contribution < 1.29 is 32.5 Å². The Morgan fingerprint density at radius 1 is 1.00 bits per heavy atom. The van der Waals surface area contributed by atoms with Crippen molar-refractivity contribution in [1.82, 2.24) is 4.57 Å². The van der Waals surface area contributed by atoms with Crippen molar-refractivity contribution >= 4 is 28.0 Å². The third kappa shape index (κ3) is 4.92. The lowest BCUT2D eigenvalue weighted by atomic mass is 10.0. The molecule has 0 aliphatic carbocycles. The second-order valence-corrected chi connectivity index (χ2v) is 8.41. The third-order valence-electron chi connectivity index (χ3n) is 6.07. The number of benzene rings is 3. The molecular formula is C27H26F3NO4. The number of phenolic OH excluding ortho intramolecular Hbond substituents is 1. The van der Waals surface area contributed by atoms with Gasteiger partial charge in [-0.1, -0.05) is 44.0 Å². The fraction of sp³-hybridized carbons (Fsp3) is 0.296. The van der Waals surface area contributed by atoms with E-state index in [1.165, 1.54) is 19.2 Å². The minimum Gasteiger partial charge on any atom is -0.507 e. The number of unbranched alkanes of at least 4 members (excludes halogenated alkanes) is 2. The Kier molecular flexibility index (Phi) is 6.91. The van der Waals surface area contributed by atoms with Crippen molar-refractivity contribution in [3.05, 3.63) is 71.3 Å². The predicted octanol–water partition coefficient (Wildman–Crippen LogP) is 7.45. The largest absolute Gasteiger partial charge is 0.513 e. The van der Waals surface area contributed by atoms with E-state index >= 15 is 0 Å². The molecular weight excluding hydrogens is 459 g/mol. The predicted molar refractivity (Wildman–Crippen MR) is 128 cm³/mol. The monoisotopic (exact) mass is 485 g/mol. The summed E-state index contributed by atoms with van der Waals surface area (Å²) in [6.07, 6.45) is -1.73. The van der Waals surface area contributed by atoms with Crippen molar-refractivity contribution in [2.45, 2.75) is 45.3 Å². The Labute approximate surface area is 200 Å². The molecule has 5 nitrogen and oxygen atoms in total. The molecule has 3 aromatic carbocycles. The van der Waals surface area contributed by atoms with E-state index in [4.69, 9.17) is 4.74 Å². The van der Waals surface area contributed by atoms with Crippen molar-refractivity contribution in [3.8, 4) is 11.5 Å². The van der Waals surface area contributed by atoms with E-state index in [1.807, 2.05) is 6.07 Å². The molecule has 0 bridgehead atoms. The molecule has 1 heterocycles. The maximum absolute atomic E-state index is 13.7. The summed E-state index contributed by atoms with van der Waals surface area (Å²) < 4.78 is 52.9. The van der Waals surface area contributed by atoms with Crippen LogP contribution in [-0.4, -0.2) is 22.9 Å². The fourth-order valence-electron chi connectivity index (χ4n) is 4.48. The molecule has 1 N–H and O–H groups in total. The average Bonchev–Trinajstić information content (AvgIpc) is 3.13. The van der Waals surface area contributed by atoms with Gasteiger partial charge in [0.1, 0.15) is 11.5 Å². The van der Waals surface area contributed by atoms with Gasteiger partial charge < -0.3 is 19.1 Å². The average molecular weight is 486 g/mol. The molecule has 0 saturated carbocycles. The smallest absolute Gasteiger partial charge is 0.507 e. The van der Waals surface area contributed by atoms with Gasteiger partial charge in [-0.15, -0.1) is 0 Å². The van der Waals surface area contributed by atoms with Gasteiger partial charge in [0.05, 0.1) is 34.5 Å². The van der Waals surface area contributed by atoms with E-state index < -0.39 is 17.9 Å². The number of methoxy groups -OCH3 is 1. The number of carbonyl (C=O) groups excluding carboxylic acids is 1. The molecule has 0 aliphatic heterocycles. The molecule has 0 aliphatic rings. The first-order valence-electron chi connectivity index (χ1n) is 11.4. The number of nitrogens with zero attached hydrogens (tertiary/aromatic N) is 1. The summed E-state index contributed by atoms with van der Waals surface area (Å²) in [6, 6.07) is 13.9. The van der Waals surface area contributed by atoms with Crippen LogP contribution in [-0.2, 0) is 23.9 Å². The minimum atomic E-state index is -4.51. The van der Waals surface area contributed by atoms with E-state index in [9.17, 15) is 23.1 Å². The second-order valence-electron chi connectivity index (χ2n) is 8.41. The zero-order valence-corrected chi connectivity index (χ0v) is 19.5. The van der Waals surface area contributed by atoms with Crippen LogP contribution in [0.3, 0.4) is 0 Å². The zero-order valence-electron chi connectivity index (χ0n) is 19.5. The number of ether oxygens (including phenoxy) is 2. The van der Waals surface area contributed by atoms with Gasteiger partial charge in [0.2, 0.25) is 0 Å². The number of aromatic nitrogens is 1. The normalized spacial score (nSPS) is 11.8. The molecule has 0 amide bonds. The Morgan fingerprint density at radius 3 is 2.49 bits per heavy atom.